The maximum Gasteiger partial charge on any atom is 0.257 e. The minimum absolute atomic E-state index is 0.178. The molecule has 0 radical (unpaired) electrons. The van der Waals surface area contributed by atoms with Gasteiger partial charge in [-0.3, -0.25) is 10.1 Å². The van der Waals surface area contributed by atoms with Crippen LogP contribution in [0.1, 0.15) is 20.9 Å². The van der Waals surface area contributed by atoms with Crippen LogP contribution in [-0.4, -0.2) is 16.1 Å². The van der Waals surface area contributed by atoms with Crippen LogP contribution in [0.4, 0.5) is 5.13 Å². The van der Waals surface area contributed by atoms with Gasteiger partial charge >= 0.3 is 0 Å². The molecule has 0 aliphatic rings. The summed E-state index contributed by atoms with van der Waals surface area (Å²) < 4.78 is 0. The summed E-state index contributed by atoms with van der Waals surface area (Å²) in [6.07, 6.45) is 0. The van der Waals surface area contributed by atoms with Crippen LogP contribution in [0.2, 0.25) is 5.02 Å². The van der Waals surface area contributed by atoms with E-state index in [0.29, 0.717) is 16.4 Å². The molecular formula is C17H14ClN3OS2. The second-order valence-electron chi connectivity index (χ2n) is 5.06. The molecule has 3 aromatic rings. The second-order valence-corrected chi connectivity index (χ2v) is 7.61. The van der Waals surface area contributed by atoms with Crippen molar-refractivity contribution in [2.45, 2.75) is 17.6 Å². The molecule has 1 heterocycles. The average Bonchev–Trinajstić information content (AvgIpc) is 3.02. The average molecular weight is 376 g/mol. The van der Waals surface area contributed by atoms with Crippen molar-refractivity contribution in [3.05, 3.63) is 69.7 Å². The zero-order chi connectivity index (χ0) is 16.9. The highest BCUT2D eigenvalue weighted by atomic mass is 35.5. The highest BCUT2D eigenvalue weighted by Crippen LogP contribution is 2.27. The maximum absolute atomic E-state index is 12.2. The minimum atomic E-state index is -0.178. The molecule has 4 nitrogen and oxygen atoms in total. The first kappa shape index (κ1) is 17.0. The Kier molecular flexibility index (Phi) is 5.50. The van der Waals surface area contributed by atoms with E-state index in [1.165, 1.54) is 11.3 Å². The Morgan fingerprint density at radius 2 is 1.83 bits per heavy atom. The molecule has 7 heteroatoms. The molecule has 0 aliphatic carbocycles. The first-order valence-corrected chi connectivity index (χ1v) is 9.37. The molecule has 2 aromatic carbocycles. The molecule has 0 bridgehead atoms. The SMILES string of the molecule is Cc1ccc(C(=O)Nc2nnc(CSc3ccc(Cl)cc3)s2)cc1. The molecule has 0 unspecified atom stereocenters. The Morgan fingerprint density at radius 3 is 2.54 bits per heavy atom. The van der Waals surface area contributed by atoms with Crippen LogP contribution in [0, 0.1) is 6.92 Å². The van der Waals surface area contributed by atoms with Crippen molar-refractivity contribution in [3.63, 3.8) is 0 Å². The summed E-state index contributed by atoms with van der Waals surface area (Å²) in [6, 6.07) is 15.1. The largest absolute Gasteiger partial charge is 0.296 e. The number of hydrogen-bond donors (Lipinski definition) is 1. The van der Waals surface area contributed by atoms with Crippen LogP contribution in [0.5, 0.6) is 0 Å². The maximum atomic E-state index is 12.2. The molecular weight excluding hydrogens is 362 g/mol. The Labute approximate surface area is 153 Å². The summed E-state index contributed by atoms with van der Waals surface area (Å²) in [7, 11) is 0. The first-order valence-electron chi connectivity index (χ1n) is 7.19. The van der Waals surface area contributed by atoms with Crippen molar-refractivity contribution in [2.75, 3.05) is 5.32 Å². The van der Waals surface area contributed by atoms with Gasteiger partial charge < -0.3 is 0 Å². The quantitative estimate of drug-likeness (QED) is 0.634. The summed E-state index contributed by atoms with van der Waals surface area (Å²) in [5, 5.41) is 13.0. The molecule has 0 aliphatic heterocycles. The number of anilines is 1. The van der Waals surface area contributed by atoms with Crippen LogP contribution in [0.25, 0.3) is 0 Å². The monoisotopic (exact) mass is 375 g/mol. The van der Waals surface area contributed by atoms with E-state index in [1.54, 1.807) is 23.9 Å². The van der Waals surface area contributed by atoms with E-state index in [1.807, 2.05) is 43.3 Å². The van der Waals surface area contributed by atoms with Gasteiger partial charge in [-0.25, -0.2) is 0 Å². The molecule has 0 spiro atoms. The van der Waals surface area contributed by atoms with E-state index in [0.717, 1.165) is 20.5 Å². The van der Waals surface area contributed by atoms with Crippen molar-refractivity contribution in [2.24, 2.45) is 0 Å². The van der Waals surface area contributed by atoms with Crippen LogP contribution in [0.15, 0.2) is 53.4 Å². The zero-order valence-electron chi connectivity index (χ0n) is 12.8. The van der Waals surface area contributed by atoms with Crippen molar-refractivity contribution >= 4 is 45.7 Å². The number of benzene rings is 2. The number of halogens is 1. The molecule has 1 N–H and O–H groups in total. The van der Waals surface area contributed by atoms with E-state index in [-0.39, 0.29) is 5.91 Å². The lowest BCUT2D eigenvalue weighted by molar-refractivity contribution is 0.102. The van der Waals surface area contributed by atoms with Crippen LogP contribution < -0.4 is 5.32 Å². The summed E-state index contributed by atoms with van der Waals surface area (Å²) >= 11 is 8.90. The Bertz CT molecular complexity index is 832. The number of carbonyl (C=O) groups is 1. The lowest BCUT2D eigenvalue weighted by atomic mass is 10.1. The van der Waals surface area contributed by atoms with E-state index in [2.05, 4.69) is 15.5 Å². The number of rotatable bonds is 5. The van der Waals surface area contributed by atoms with Gasteiger partial charge in [0.2, 0.25) is 5.13 Å². The van der Waals surface area contributed by atoms with Crippen molar-refractivity contribution < 1.29 is 4.79 Å². The van der Waals surface area contributed by atoms with Gasteiger partial charge in [-0.2, -0.15) is 0 Å². The number of nitrogens with zero attached hydrogens (tertiary/aromatic N) is 2. The van der Waals surface area contributed by atoms with Gasteiger partial charge in [0.25, 0.3) is 5.91 Å². The van der Waals surface area contributed by atoms with Gasteiger partial charge in [0.05, 0.1) is 5.75 Å². The highest BCUT2D eigenvalue weighted by Gasteiger charge is 2.10. The topological polar surface area (TPSA) is 54.9 Å². The van der Waals surface area contributed by atoms with Crippen molar-refractivity contribution in [1.82, 2.24) is 10.2 Å². The number of aromatic nitrogens is 2. The fraction of sp³-hybridized carbons (Fsp3) is 0.118. The molecule has 0 fully saturated rings. The molecule has 1 amide bonds. The van der Waals surface area contributed by atoms with E-state index in [9.17, 15) is 4.79 Å². The zero-order valence-corrected chi connectivity index (χ0v) is 15.2. The van der Waals surface area contributed by atoms with Gasteiger partial charge in [-0.1, -0.05) is 40.6 Å². The van der Waals surface area contributed by atoms with Crippen molar-refractivity contribution in [1.29, 1.82) is 0 Å². The van der Waals surface area contributed by atoms with Gasteiger partial charge in [-0.05, 0) is 43.3 Å². The third kappa shape index (κ3) is 4.56. The minimum Gasteiger partial charge on any atom is -0.296 e. The Morgan fingerprint density at radius 1 is 1.12 bits per heavy atom. The number of nitrogens with one attached hydrogen (secondary N) is 1. The number of aryl methyl sites for hydroxylation is 1. The Balaban J connectivity index is 1.58. The molecule has 1 aromatic heterocycles. The fourth-order valence-corrected chi connectivity index (χ4v) is 3.66. The van der Waals surface area contributed by atoms with Crippen molar-refractivity contribution in [3.8, 4) is 0 Å². The van der Waals surface area contributed by atoms with Gasteiger partial charge in [0, 0.05) is 15.5 Å². The van der Waals surface area contributed by atoms with Gasteiger partial charge in [-0.15, -0.1) is 22.0 Å². The summed E-state index contributed by atoms with van der Waals surface area (Å²) in [5.74, 6) is 0.516. The van der Waals surface area contributed by atoms with Gasteiger partial charge in [0.15, 0.2) is 0 Å². The molecule has 0 saturated carbocycles. The summed E-state index contributed by atoms with van der Waals surface area (Å²) in [5.41, 5.74) is 1.72. The van der Waals surface area contributed by atoms with Crippen LogP contribution in [-0.2, 0) is 5.75 Å². The fourth-order valence-electron chi connectivity index (χ4n) is 1.91. The third-order valence-electron chi connectivity index (χ3n) is 3.18. The molecule has 0 atom stereocenters. The van der Waals surface area contributed by atoms with Gasteiger partial charge in [0.1, 0.15) is 5.01 Å². The van der Waals surface area contributed by atoms with Crippen LogP contribution in [0.3, 0.4) is 0 Å². The van der Waals surface area contributed by atoms with Crippen LogP contribution >= 0.6 is 34.7 Å². The molecule has 122 valence electrons. The molecule has 3 rings (SSSR count). The first-order chi connectivity index (χ1) is 11.6. The third-order valence-corrected chi connectivity index (χ3v) is 5.47. The number of amides is 1. The number of hydrogen-bond acceptors (Lipinski definition) is 5. The lowest BCUT2D eigenvalue weighted by Gasteiger charge is -2.01. The normalized spacial score (nSPS) is 10.6. The molecule has 24 heavy (non-hydrogen) atoms. The summed E-state index contributed by atoms with van der Waals surface area (Å²) in [4.78, 5) is 13.3. The number of thioether (sulfide) groups is 1. The molecule has 0 saturated heterocycles. The van der Waals surface area contributed by atoms with E-state index >= 15 is 0 Å². The van der Waals surface area contributed by atoms with E-state index < -0.39 is 0 Å². The smallest absolute Gasteiger partial charge is 0.257 e. The predicted octanol–water partition coefficient (Wildman–Crippen LogP) is 5.04. The Hall–Kier alpha value is -1.89. The highest BCUT2D eigenvalue weighted by molar-refractivity contribution is 7.98. The number of carbonyl (C=O) groups excluding carboxylic acids is 1. The second kappa shape index (κ2) is 7.79. The standard InChI is InChI=1S/C17H14ClN3OS2/c1-11-2-4-12(5-3-11)16(22)19-17-21-20-15(24-17)10-23-14-8-6-13(18)7-9-14/h2-9H,10H2,1H3,(H,19,21,22). The lowest BCUT2D eigenvalue weighted by Crippen LogP contribution is -2.11. The summed E-state index contributed by atoms with van der Waals surface area (Å²) in [6.45, 7) is 1.98. The predicted molar refractivity (Wildman–Crippen MR) is 100 cm³/mol. The van der Waals surface area contributed by atoms with E-state index in [4.69, 9.17) is 11.6 Å².